The minimum absolute atomic E-state index is 0.274. The largest absolute Gasteiger partial charge is 0.394 e. The molecule has 0 aromatic heterocycles. The van der Waals surface area contributed by atoms with Crippen LogP contribution in [0.1, 0.15) is 162 Å². The Morgan fingerprint density at radius 2 is 1.25 bits per heavy atom. The van der Waals surface area contributed by atoms with E-state index in [4.69, 9.17) is 9.47 Å². The van der Waals surface area contributed by atoms with Crippen LogP contribution in [0, 0.1) is 0 Å². The predicted octanol–water partition coefficient (Wildman–Crippen LogP) is 5.49. The molecule has 9 atom stereocenters. The molecule has 11 heteroatoms. The summed E-state index contributed by atoms with van der Waals surface area (Å²) in [6.45, 7) is 7.48. The number of amides is 1. The Morgan fingerprint density at radius 3 is 1.79 bits per heavy atom. The molecule has 0 aromatic rings. The van der Waals surface area contributed by atoms with Crippen LogP contribution in [0.25, 0.3) is 0 Å². The highest BCUT2D eigenvalue weighted by molar-refractivity contribution is 5.80. The van der Waals surface area contributed by atoms with Gasteiger partial charge in [0, 0.05) is 0 Å². The molecule has 1 heterocycles. The molecule has 0 radical (unpaired) electrons. The number of aliphatic hydroxyl groups excluding tert-OH is 7. The van der Waals surface area contributed by atoms with Crippen molar-refractivity contribution in [2.24, 2.45) is 0 Å². The molecule has 0 unspecified atom stereocenters. The molecule has 0 aliphatic carbocycles. The molecule has 1 saturated heterocycles. The third kappa shape index (κ3) is 21.5. The standard InChI is InChI=1S/C41H77NO10/c1-4-6-8-10-12-13-14-15-16-18-20-22-28-35(46)40(50)42-32(30-51-41-39(49)38(48)37(47)36(29-43)52-41)34(45)27-24-23-26-33(44)31(3)25-21-19-17-11-9-7-5-2/h24,27,32-39,41,43-49H,3-23,25-26,28-30H2,1-2H3,(H,42,50)/b27-24+/t32-,33+,34+,35+,36+,37+,38-,39+,41+/m0/s1. The summed E-state index contributed by atoms with van der Waals surface area (Å²) in [7, 11) is 0. The second kappa shape index (κ2) is 30.9. The third-order valence-electron chi connectivity index (χ3n) is 10.2. The third-order valence-corrected chi connectivity index (χ3v) is 10.2. The first kappa shape index (κ1) is 48.6. The van der Waals surface area contributed by atoms with E-state index in [0.717, 1.165) is 44.1 Å². The molecule has 0 spiro atoms. The van der Waals surface area contributed by atoms with Gasteiger partial charge in [-0.3, -0.25) is 4.79 Å². The normalized spacial score (nSPS) is 23.1. The number of carbonyl (C=O) groups excluding carboxylic acids is 1. The smallest absolute Gasteiger partial charge is 0.249 e. The number of hydrogen-bond acceptors (Lipinski definition) is 10. The van der Waals surface area contributed by atoms with Gasteiger partial charge in [0.05, 0.1) is 31.5 Å². The summed E-state index contributed by atoms with van der Waals surface area (Å²) in [6, 6.07) is -1.06. The quantitative estimate of drug-likeness (QED) is 0.0315. The maximum Gasteiger partial charge on any atom is 0.249 e. The molecule has 11 nitrogen and oxygen atoms in total. The molecule has 52 heavy (non-hydrogen) atoms. The summed E-state index contributed by atoms with van der Waals surface area (Å²) in [6.07, 6.45) is 16.8. The van der Waals surface area contributed by atoms with Gasteiger partial charge in [-0.15, -0.1) is 0 Å². The molecular formula is C41H77NO10. The molecule has 0 saturated carbocycles. The topological polar surface area (TPSA) is 189 Å². The first-order valence-corrected chi connectivity index (χ1v) is 20.7. The monoisotopic (exact) mass is 744 g/mol. The zero-order valence-corrected chi connectivity index (χ0v) is 32.6. The second-order valence-electron chi connectivity index (χ2n) is 14.9. The number of unbranched alkanes of at least 4 members (excludes halogenated alkanes) is 17. The summed E-state index contributed by atoms with van der Waals surface area (Å²) < 4.78 is 11.1. The van der Waals surface area contributed by atoms with Gasteiger partial charge in [0.2, 0.25) is 5.91 Å². The van der Waals surface area contributed by atoms with E-state index in [-0.39, 0.29) is 13.0 Å². The Kier molecular flexibility index (Phi) is 28.9. The van der Waals surface area contributed by atoms with E-state index in [0.29, 0.717) is 19.3 Å². The molecule has 0 bridgehead atoms. The number of rotatable bonds is 33. The molecule has 306 valence electrons. The van der Waals surface area contributed by atoms with Crippen molar-refractivity contribution in [2.45, 2.75) is 217 Å². The van der Waals surface area contributed by atoms with Gasteiger partial charge in [-0.25, -0.2) is 0 Å². The Bertz CT molecular complexity index is 918. The minimum atomic E-state index is -1.64. The minimum Gasteiger partial charge on any atom is -0.394 e. The molecular weight excluding hydrogens is 666 g/mol. The Morgan fingerprint density at radius 1 is 0.731 bits per heavy atom. The summed E-state index contributed by atoms with van der Waals surface area (Å²) in [5.41, 5.74) is 0.794. The van der Waals surface area contributed by atoms with Crippen molar-refractivity contribution in [2.75, 3.05) is 13.2 Å². The lowest BCUT2D eigenvalue weighted by molar-refractivity contribution is -0.302. The highest BCUT2D eigenvalue weighted by Crippen LogP contribution is 2.23. The van der Waals surface area contributed by atoms with Crippen molar-refractivity contribution in [1.82, 2.24) is 5.32 Å². The van der Waals surface area contributed by atoms with Crippen molar-refractivity contribution < 1.29 is 50.0 Å². The molecule has 1 aliphatic heterocycles. The number of ether oxygens (including phenoxy) is 2. The molecule has 1 amide bonds. The van der Waals surface area contributed by atoms with E-state index >= 15 is 0 Å². The second-order valence-corrected chi connectivity index (χ2v) is 14.9. The summed E-state index contributed by atoms with van der Waals surface area (Å²) in [5.74, 6) is -0.671. The molecule has 1 rings (SSSR count). The Labute approximate surface area is 314 Å². The van der Waals surface area contributed by atoms with Gasteiger partial charge in [0.15, 0.2) is 6.29 Å². The summed E-state index contributed by atoms with van der Waals surface area (Å²) >= 11 is 0. The van der Waals surface area contributed by atoms with Gasteiger partial charge in [0.1, 0.15) is 30.5 Å². The first-order chi connectivity index (χ1) is 25.1. The van der Waals surface area contributed by atoms with Gasteiger partial charge in [-0.1, -0.05) is 148 Å². The van der Waals surface area contributed by atoms with E-state index in [2.05, 4.69) is 25.7 Å². The van der Waals surface area contributed by atoms with Crippen LogP contribution < -0.4 is 5.32 Å². The molecule has 1 fully saturated rings. The zero-order valence-electron chi connectivity index (χ0n) is 32.6. The van der Waals surface area contributed by atoms with E-state index in [1.54, 1.807) is 6.08 Å². The van der Waals surface area contributed by atoms with Crippen molar-refractivity contribution in [3.63, 3.8) is 0 Å². The van der Waals surface area contributed by atoms with Gasteiger partial charge in [-0.2, -0.15) is 0 Å². The first-order valence-electron chi connectivity index (χ1n) is 20.7. The van der Waals surface area contributed by atoms with E-state index in [1.165, 1.54) is 89.5 Å². The maximum atomic E-state index is 13.0. The summed E-state index contributed by atoms with van der Waals surface area (Å²) in [4.78, 5) is 13.0. The van der Waals surface area contributed by atoms with Crippen LogP contribution in [0.2, 0.25) is 0 Å². The number of allylic oxidation sites excluding steroid dienone is 1. The highest BCUT2D eigenvalue weighted by atomic mass is 16.7. The van der Waals surface area contributed by atoms with Crippen molar-refractivity contribution in [3.8, 4) is 0 Å². The summed E-state index contributed by atoms with van der Waals surface area (Å²) in [5, 5.41) is 75.0. The maximum absolute atomic E-state index is 13.0. The van der Waals surface area contributed by atoms with Crippen molar-refractivity contribution in [1.29, 1.82) is 0 Å². The van der Waals surface area contributed by atoms with Crippen LogP contribution in [0.4, 0.5) is 0 Å². The van der Waals surface area contributed by atoms with E-state index < -0.39 is 67.6 Å². The van der Waals surface area contributed by atoms with Gasteiger partial charge < -0.3 is 50.5 Å². The van der Waals surface area contributed by atoms with E-state index in [1.807, 2.05) is 0 Å². The number of aliphatic hydroxyl groups is 7. The van der Waals surface area contributed by atoms with Gasteiger partial charge in [0.25, 0.3) is 0 Å². The lowest BCUT2D eigenvalue weighted by atomic mass is 9.99. The fourth-order valence-electron chi connectivity index (χ4n) is 6.52. The average Bonchev–Trinajstić information content (AvgIpc) is 3.14. The number of hydrogen-bond donors (Lipinski definition) is 8. The van der Waals surface area contributed by atoms with Crippen LogP contribution in [-0.4, -0.2) is 110 Å². The number of carbonyl (C=O) groups is 1. The van der Waals surface area contributed by atoms with Crippen LogP contribution in [-0.2, 0) is 14.3 Å². The highest BCUT2D eigenvalue weighted by Gasteiger charge is 2.44. The lowest BCUT2D eigenvalue weighted by Gasteiger charge is -2.40. The van der Waals surface area contributed by atoms with Gasteiger partial charge in [-0.05, 0) is 37.7 Å². The van der Waals surface area contributed by atoms with Crippen LogP contribution in [0.3, 0.4) is 0 Å². The lowest BCUT2D eigenvalue weighted by Crippen LogP contribution is -2.60. The molecule has 1 aliphatic rings. The average molecular weight is 744 g/mol. The molecule has 0 aromatic carbocycles. The Hall–Kier alpha value is -1.41. The van der Waals surface area contributed by atoms with Crippen LogP contribution in [0.5, 0.6) is 0 Å². The zero-order chi connectivity index (χ0) is 38.6. The SMILES string of the molecule is C=C(CCCCCCCCC)[C@H](O)CC/C=C/[C@@H](O)[C@H](CO[C@@H]1O[C@H](CO)[C@@H](O)[C@H](O)[C@H]1O)NC(=O)[C@H](O)CCCCCCCCCCCCCC. The molecule has 8 N–H and O–H groups in total. The fourth-order valence-corrected chi connectivity index (χ4v) is 6.52. The number of nitrogens with one attached hydrogen (secondary N) is 1. The van der Waals surface area contributed by atoms with Crippen molar-refractivity contribution >= 4 is 5.91 Å². The van der Waals surface area contributed by atoms with E-state index in [9.17, 15) is 40.5 Å². The van der Waals surface area contributed by atoms with Gasteiger partial charge >= 0.3 is 0 Å². The Balaban J connectivity index is 2.61. The van der Waals surface area contributed by atoms with Crippen molar-refractivity contribution in [3.05, 3.63) is 24.3 Å². The van der Waals surface area contributed by atoms with Crippen LogP contribution >= 0.6 is 0 Å². The predicted molar refractivity (Wildman–Crippen MR) is 205 cm³/mol. The van der Waals surface area contributed by atoms with Crippen LogP contribution in [0.15, 0.2) is 24.3 Å². The fraction of sp³-hybridized carbons (Fsp3) is 0.878.